The van der Waals surface area contributed by atoms with Gasteiger partial charge in [-0.05, 0) is 123 Å². The Balaban J connectivity index is 0.893. The molecule has 1 aromatic carbocycles. The van der Waals surface area contributed by atoms with Crippen molar-refractivity contribution >= 4 is 33.9 Å². The molecule has 0 unspecified atom stereocenters. The standard InChI is InChI=1S/C39H43N7O3/c1-16(41-38(48)39-31-28-27-29(31)33(39)30(27)32(28)39)23-9-7-19-12-25(46(35(19)42-23)14-17-4-5-17)36-43-24-11-20(13-26(49-3)34(24)44(36)2)37(47)45-15-22(40)18-6-8-21(45)10-18/h7,9,11-13,16-18,21-22,27-33H,4-6,8,10,14-15,40H2,1-3H3,(H,41,48)/t16-,18-,21+,22+,27?,28?,29?,30?,31?,32?,33?,39?/m1/s1. The number of nitrogens with one attached hydrogen (secondary N) is 1. The van der Waals surface area contributed by atoms with Crippen molar-refractivity contribution in [3.05, 3.63) is 41.6 Å². The van der Waals surface area contributed by atoms with Crippen LogP contribution in [0, 0.1) is 58.7 Å². The molecule has 9 aliphatic rings. The normalized spacial score (nSPS) is 38.7. The van der Waals surface area contributed by atoms with E-state index in [4.69, 9.17) is 20.4 Å². The van der Waals surface area contributed by atoms with Crippen molar-refractivity contribution in [3.8, 4) is 17.3 Å². The Morgan fingerprint density at radius 2 is 1.82 bits per heavy atom. The Hall–Kier alpha value is -3.92. The Morgan fingerprint density at radius 3 is 2.55 bits per heavy atom. The van der Waals surface area contributed by atoms with Gasteiger partial charge in [0, 0.05) is 43.2 Å². The van der Waals surface area contributed by atoms with Gasteiger partial charge in [0.1, 0.15) is 16.9 Å². The van der Waals surface area contributed by atoms with Gasteiger partial charge in [-0.2, -0.15) is 0 Å². The van der Waals surface area contributed by atoms with Gasteiger partial charge in [0.15, 0.2) is 5.82 Å². The van der Waals surface area contributed by atoms with E-state index in [9.17, 15) is 9.59 Å². The molecular formula is C39H43N7O3. The molecule has 252 valence electrons. The molecule has 10 nitrogen and oxygen atoms in total. The minimum Gasteiger partial charge on any atom is -0.494 e. The van der Waals surface area contributed by atoms with Gasteiger partial charge in [-0.25, -0.2) is 9.97 Å². The highest BCUT2D eigenvalue weighted by Gasteiger charge is 3.06. The summed E-state index contributed by atoms with van der Waals surface area (Å²) in [6.07, 6.45) is 5.54. The predicted molar refractivity (Wildman–Crippen MR) is 182 cm³/mol. The van der Waals surface area contributed by atoms with E-state index < -0.39 is 0 Å². The summed E-state index contributed by atoms with van der Waals surface area (Å²) < 4.78 is 10.3. The van der Waals surface area contributed by atoms with E-state index in [1.807, 2.05) is 24.1 Å². The molecule has 13 rings (SSSR count). The second kappa shape index (κ2) is 8.86. The van der Waals surface area contributed by atoms with Crippen LogP contribution in [0.15, 0.2) is 30.3 Å². The molecule has 3 aromatic heterocycles. The smallest absolute Gasteiger partial charge is 0.254 e. The van der Waals surface area contributed by atoms with Crippen LogP contribution in [0.2, 0.25) is 0 Å². The van der Waals surface area contributed by atoms with E-state index in [0.29, 0.717) is 53.4 Å². The fourth-order valence-corrected chi connectivity index (χ4v) is 13.0. The number of nitrogens with zero attached hydrogens (tertiary/aromatic N) is 5. The van der Waals surface area contributed by atoms with Gasteiger partial charge in [-0.1, -0.05) is 0 Å². The number of likely N-dealkylation sites (tertiary alicyclic amines) is 1. The first-order chi connectivity index (χ1) is 23.8. The number of carbonyl (C=O) groups is 2. The fraction of sp³-hybridized carbons (Fsp3) is 0.590. The number of piperidine rings is 1. The van der Waals surface area contributed by atoms with Crippen LogP contribution in [0.4, 0.5) is 0 Å². The Kier molecular flexibility index (Phi) is 5.04. The van der Waals surface area contributed by atoms with Gasteiger partial charge in [0.05, 0.1) is 35.5 Å². The number of imidazole rings is 1. The second-order valence-electron chi connectivity index (χ2n) is 17.1. The van der Waals surface area contributed by atoms with Gasteiger partial charge < -0.3 is 29.8 Å². The number of aromatic nitrogens is 4. The number of aryl methyl sites for hydroxylation is 1. The fourth-order valence-electron chi connectivity index (χ4n) is 13.0. The molecule has 4 aromatic rings. The highest BCUT2D eigenvalue weighted by atomic mass is 16.5. The molecule has 0 spiro atoms. The quantitative estimate of drug-likeness (QED) is 0.288. The van der Waals surface area contributed by atoms with Crippen molar-refractivity contribution in [2.24, 2.45) is 71.5 Å². The lowest BCUT2D eigenvalue weighted by Gasteiger charge is -3.06. The summed E-state index contributed by atoms with van der Waals surface area (Å²) in [7, 11) is 3.68. The van der Waals surface area contributed by atoms with Crippen LogP contribution in [0.5, 0.6) is 5.75 Å². The second-order valence-corrected chi connectivity index (χ2v) is 17.1. The minimum atomic E-state index is -0.147. The van der Waals surface area contributed by atoms with Crippen molar-refractivity contribution in [1.29, 1.82) is 0 Å². The van der Waals surface area contributed by atoms with Crippen LogP contribution in [0.1, 0.15) is 61.1 Å². The number of ether oxygens (including phenoxy) is 1. The van der Waals surface area contributed by atoms with Crippen LogP contribution in [-0.2, 0) is 18.4 Å². The van der Waals surface area contributed by atoms with Crippen LogP contribution in [-0.4, -0.2) is 61.6 Å². The SMILES string of the molecule is COc1cc(C(=O)N2C[C@H](N)[C@@H]3CC[C@H]2C3)cc2nc(-c3cc4ccc([C@@H](C)NC(=O)C56C7C8C9C7C5C9C86)nc4n3CC3CC3)n(C)c12. The molecule has 2 amide bonds. The molecule has 4 heterocycles. The van der Waals surface area contributed by atoms with Crippen molar-refractivity contribution in [2.45, 2.75) is 63.7 Å². The molecular weight excluding hydrogens is 614 g/mol. The Morgan fingerprint density at radius 1 is 1.04 bits per heavy atom. The summed E-state index contributed by atoms with van der Waals surface area (Å²) in [5.41, 5.74) is 11.5. The third kappa shape index (κ3) is 3.08. The Bertz CT molecular complexity index is 2130. The molecule has 0 radical (unpaired) electrons. The summed E-state index contributed by atoms with van der Waals surface area (Å²) in [4.78, 5) is 40.0. The topological polar surface area (TPSA) is 120 Å². The van der Waals surface area contributed by atoms with Crippen molar-refractivity contribution < 1.29 is 14.3 Å². The zero-order valence-electron chi connectivity index (χ0n) is 28.3. The van der Waals surface area contributed by atoms with Gasteiger partial charge in [0.2, 0.25) is 5.91 Å². The number of hydrogen-bond acceptors (Lipinski definition) is 6. The number of amides is 2. The van der Waals surface area contributed by atoms with E-state index in [-0.39, 0.29) is 29.4 Å². The molecule has 49 heavy (non-hydrogen) atoms. The van der Waals surface area contributed by atoms with Crippen molar-refractivity contribution in [2.75, 3.05) is 13.7 Å². The predicted octanol–water partition coefficient (Wildman–Crippen LogP) is 4.51. The van der Waals surface area contributed by atoms with Crippen molar-refractivity contribution in [3.63, 3.8) is 0 Å². The van der Waals surface area contributed by atoms with Gasteiger partial charge >= 0.3 is 0 Å². The molecule has 1 aliphatic heterocycles. The summed E-state index contributed by atoms with van der Waals surface area (Å²) >= 11 is 0. The molecule has 10 heteroatoms. The summed E-state index contributed by atoms with van der Waals surface area (Å²) in [5, 5.41) is 4.48. The number of carbonyl (C=O) groups excluding carboxylic acids is 2. The monoisotopic (exact) mass is 657 g/mol. The average Bonchev–Trinajstić information content (AvgIpc) is 3.58. The van der Waals surface area contributed by atoms with Gasteiger partial charge in [-0.3, -0.25) is 9.59 Å². The molecule has 8 aliphatic carbocycles. The largest absolute Gasteiger partial charge is 0.494 e. The maximum Gasteiger partial charge on any atom is 0.254 e. The molecule has 3 N–H and O–H groups in total. The van der Waals surface area contributed by atoms with Crippen LogP contribution < -0.4 is 15.8 Å². The van der Waals surface area contributed by atoms with E-state index in [2.05, 4.69) is 39.6 Å². The van der Waals surface area contributed by atoms with E-state index in [1.54, 1.807) is 7.11 Å². The zero-order chi connectivity index (χ0) is 32.8. The number of hydrogen-bond donors (Lipinski definition) is 2. The van der Waals surface area contributed by atoms with Crippen LogP contribution in [0.3, 0.4) is 0 Å². The first kappa shape index (κ1) is 27.9. The average molecular weight is 658 g/mol. The highest BCUT2D eigenvalue weighted by Crippen LogP contribution is 3.05. The summed E-state index contributed by atoms with van der Waals surface area (Å²) in [6, 6.07) is 10.4. The molecule has 4 atom stereocenters. The first-order valence-corrected chi connectivity index (χ1v) is 18.7. The first-order valence-electron chi connectivity index (χ1n) is 18.7. The van der Waals surface area contributed by atoms with Crippen LogP contribution >= 0.6 is 0 Å². The van der Waals surface area contributed by atoms with E-state index in [0.717, 1.165) is 88.8 Å². The molecule has 1 saturated heterocycles. The maximum absolute atomic E-state index is 13.9. The lowest BCUT2D eigenvalue weighted by molar-refractivity contribution is -0.596. The maximum atomic E-state index is 13.9. The molecule has 8 saturated carbocycles. The number of benzene rings is 1. The Labute approximate surface area is 284 Å². The van der Waals surface area contributed by atoms with Crippen molar-refractivity contribution in [1.82, 2.24) is 29.3 Å². The number of pyridine rings is 1. The third-order valence-electron chi connectivity index (χ3n) is 15.4. The number of rotatable bonds is 8. The van der Waals surface area contributed by atoms with Gasteiger partial charge in [0.25, 0.3) is 5.91 Å². The summed E-state index contributed by atoms with van der Waals surface area (Å²) in [5.74, 6) is 8.64. The summed E-state index contributed by atoms with van der Waals surface area (Å²) in [6.45, 7) is 3.56. The zero-order valence-corrected chi connectivity index (χ0v) is 28.3. The van der Waals surface area contributed by atoms with E-state index in [1.165, 1.54) is 12.8 Å². The minimum absolute atomic E-state index is 0.00809. The number of fused-ring (bicyclic) bond motifs is 4. The number of nitrogens with two attached hydrogens (primary N) is 1. The van der Waals surface area contributed by atoms with E-state index >= 15 is 0 Å². The molecule has 9 fully saturated rings. The third-order valence-corrected chi connectivity index (χ3v) is 15.4. The number of methoxy groups -OCH3 is 1. The highest BCUT2D eigenvalue weighted by molar-refractivity contribution is 6.00. The molecule has 2 bridgehead atoms. The lowest BCUT2D eigenvalue weighted by Crippen LogP contribution is -3.07. The van der Waals surface area contributed by atoms with Crippen LogP contribution in [0.25, 0.3) is 33.6 Å². The lowest BCUT2D eigenvalue weighted by atomic mass is 8.96. The van der Waals surface area contributed by atoms with Gasteiger partial charge in [-0.15, -0.1) is 0 Å².